The van der Waals surface area contributed by atoms with Crippen LogP contribution in [0.2, 0.25) is 0 Å². The maximum atomic E-state index is 12.4. The molecule has 7 nitrogen and oxygen atoms in total. The highest BCUT2D eigenvalue weighted by Gasteiger charge is 2.17. The Morgan fingerprint density at radius 3 is 2.81 bits per heavy atom. The lowest BCUT2D eigenvalue weighted by atomic mass is 10.3. The van der Waals surface area contributed by atoms with Crippen molar-refractivity contribution in [3.8, 4) is 5.75 Å². The molecular formula is C18H20N4O3S2. The first-order valence-electron chi connectivity index (χ1n) is 8.44. The third-order valence-electron chi connectivity index (χ3n) is 3.48. The predicted molar refractivity (Wildman–Crippen MR) is 108 cm³/mol. The number of hydrogen-bond acceptors (Lipinski definition) is 8. The van der Waals surface area contributed by atoms with Gasteiger partial charge in [0.2, 0.25) is 11.0 Å². The molecule has 2 aromatic heterocycles. The summed E-state index contributed by atoms with van der Waals surface area (Å²) in [6, 6.07) is 11.0. The molecule has 0 unspecified atom stereocenters. The van der Waals surface area contributed by atoms with Crippen LogP contribution in [0.4, 0.5) is 10.8 Å². The van der Waals surface area contributed by atoms with Crippen molar-refractivity contribution in [2.75, 3.05) is 17.2 Å². The Labute approximate surface area is 165 Å². The van der Waals surface area contributed by atoms with Crippen LogP contribution >= 0.6 is 23.1 Å². The van der Waals surface area contributed by atoms with Gasteiger partial charge in [-0.3, -0.25) is 4.79 Å². The molecule has 0 aliphatic heterocycles. The van der Waals surface area contributed by atoms with Crippen molar-refractivity contribution in [1.29, 1.82) is 0 Å². The predicted octanol–water partition coefficient (Wildman–Crippen LogP) is 4.26. The van der Waals surface area contributed by atoms with Gasteiger partial charge in [-0.15, -0.1) is 10.2 Å². The van der Waals surface area contributed by atoms with Gasteiger partial charge in [-0.2, -0.15) is 0 Å². The van der Waals surface area contributed by atoms with Crippen LogP contribution < -0.4 is 15.4 Å². The molecule has 0 radical (unpaired) electrons. The van der Waals surface area contributed by atoms with E-state index in [2.05, 4.69) is 20.8 Å². The van der Waals surface area contributed by atoms with Crippen molar-refractivity contribution in [3.05, 3.63) is 48.4 Å². The number of anilines is 2. The van der Waals surface area contributed by atoms with Gasteiger partial charge in [0.15, 0.2) is 4.34 Å². The Kier molecular flexibility index (Phi) is 6.72. The Bertz CT molecular complexity index is 850. The van der Waals surface area contributed by atoms with E-state index in [0.29, 0.717) is 18.3 Å². The number of carbonyl (C=O) groups is 1. The molecule has 3 aromatic rings. The Morgan fingerprint density at radius 1 is 1.30 bits per heavy atom. The number of aromatic nitrogens is 2. The molecule has 1 aromatic carbocycles. The third-order valence-corrected chi connectivity index (χ3v) is 5.55. The SMILES string of the molecule is CCOc1ccc(NC(=O)[C@@H](C)Sc2nnc(NCc3ccco3)s2)cc1. The van der Waals surface area contributed by atoms with Crippen LogP contribution in [-0.2, 0) is 11.3 Å². The fraction of sp³-hybridized carbons (Fsp3) is 0.278. The van der Waals surface area contributed by atoms with Crippen molar-refractivity contribution in [3.63, 3.8) is 0 Å². The molecule has 0 aliphatic carbocycles. The normalized spacial score (nSPS) is 11.8. The number of carbonyl (C=O) groups excluding carboxylic acids is 1. The van der Waals surface area contributed by atoms with Crippen molar-refractivity contribution < 1.29 is 13.9 Å². The van der Waals surface area contributed by atoms with E-state index in [1.54, 1.807) is 6.26 Å². The highest BCUT2D eigenvalue weighted by Crippen LogP contribution is 2.29. The van der Waals surface area contributed by atoms with Gasteiger partial charge in [-0.05, 0) is 50.2 Å². The number of rotatable bonds is 9. The molecule has 0 saturated heterocycles. The molecule has 2 heterocycles. The Hall–Kier alpha value is -2.52. The van der Waals surface area contributed by atoms with Crippen molar-refractivity contribution >= 4 is 39.8 Å². The largest absolute Gasteiger partial charge is 0.494 e. The van der Waals surface area contributed by atoms with E-state index in [0.717, 1.165) is 21.5 Å². The monoisotopic (exact) mass is 404 g/mol. The van der Waals surface area contributed by atoms with Crippen molar-refractivity contribution in [2.45, 2.75) is 30.0 Å². The second kappa shape index (κ2) is 9.43. The molecule has 1 amide bonds. The molecule has 0 bridgehead atoms. The van der Waals surface area contributed by atoms with Gasteiger partial charge in [0.1, 0.15) is 11.5 Å². The van der Waals surface area contributed by atoms with E-state index in [4.69, 9.17) is 9.15 Å². The number of thioether (sulfide) groups is 1. The van der Waals surface area contributed by atoms with E-state index in [1.165, 1.54) is 23.1 Å². The minimum Gasteiger partial charge on any atom is -0.494 e. The fourth-order valence-corrected chi connectivity index (χ4v) is 4.05. The van der Waals surface area contributed by atoms with Crippen LogP contribution in [0.5, 0.6) is 5.75 Å². The number of nitrogens with zero attached hydrogens (tertiary/aromatic N) is 2. The van der Waals surface area contributed by atoms with Gasteiger partial charge in [0.25, 0.3) is 0 Å². The summed E-state index contributed by atoms with van der Waals surface area (Å²) in [4.78, 5) is 12.4. The topological polar surface area (TPSA) is 89.3 Å². The van der Waals surface area contributed by atoms with Gasteiger partial charge < -0.3 is 19.8 Å². The van der Waals surface area contributed by atoms with Crippen LogP contribution in [0, 0.1) is 0 Å². The summed E-state index contributed by atoms with van der Waals surface area (Å²) in [7, 11) is 0. The smallest absolute Gasteiger partial charge is 0.237 e. The standard InChI is InChI=1S/C18H20N4O3S2/c1-3-24-14-8-6-13(7-9-14)20-16(23)12(2)26-18-22-21-17(27-18)19-11-15-5-4-10-25-15/h4-10,12H,3,11H2,1-2H3,(H,19,21)(H,20,23)/t12-/m1/s1. The average molecular weight is 405 g/mol. The molecule has 0 fully saturated rings. The summed E-state index contributed by atoms with van der Waals surface area (Å²) in [5.41, 5.74) is 0.731. The average Bonchev–Trinajstić information content (AvgIpc) is 3.33. The molecule has 142 valence electrons. The number of nitrogens with one attached hydrogen (secondary N) is 2. The van der Waals surface area contributed by atoms with Crippen LogP contribution in [-0.4, -0.2) is 28.0 Å². The molecule has 0 saturated carbocycles. The maximum Gasteiger partial charge on any atom is 0.237 e. The van der Waals surface area contributed by atoms with Crippen molar-refractivity contribution in [2.24, 2.45) is 0 Å². The second-order valence-electron chi connectivity index (χ2n) is 5.51. The number of benzene rings is 1. The zero-order chi connectivity index (χ0) is 19.1. The summed E-state index contributed by atoms with van der Waals surface area (Å²) in [5.74, 6) is 1.51. The lowest BCUT2D eigenvalue weighted by molar-refractivity contribution is -0.115. The van der Waals surface area contributed by atoms with Crippen LogP contribution in [0.3, 0.4) is 0 Å². The number of hydrogen-bond donors (Lipinski definition) is 2. The number of amides is 1. The van der Waals surface area contributed by atoms with Crippen LogP contribution in [0.1, 0.15) is 19.6 Å². The maximum absolute atomic E-state index is 12.4. The van der Waals surface area contributed by atoms with E-state index in [9.17, 15) is 4.79 Å². The molecule has 27 heavy (non-hydrogen) atoms. The lowest BCUT2D eigenvalue weighted by Crippen LogP contribution is -2.22. The van der Waals surface area contributed by atoms with E-state index >= 15 is 0 Å². The molecular weight excluding hydrogens is 384 g/mol. The lowest BCUT2D eigenvalue weighted by Gasteiger charge is -2.11. The first kappa shape index (κ1) is 19.2. The highest BCUT2D eigenvalue weighted by atomic mass is 32.2. The molecule has 0 spiro atoms. The minimum atomic E-state index is -0.303. The van der Waals surface area contributed by atoms with Gasteiger partial charge in [-0.25, -0.2) is 0 Å². The van der Waals surface area contributed by atoms with E-state index in [-0.39, 0.29) is 11.2 Å². The Morgan fingerprint density at radius 2 is 2.11 bits per heavy atom. The van der Waals surface area contributed by atoms with Gasteiger partial charge in [-0.1, -0.05) is 23.1 Å². The van der Waals surface area contributed by atoms with E-state index < -0.39 is 0 Å². The van der Waals surface area contributed by atoms with Gasteiger partial charge >= 0.3 is 0 Å². The molecule has 3 rings (SSSR count). The van der Waals surface area contributed by atoms with Crippen LogP contribution in [0.15, 0.2) is 51.4 Å². The zero-order valence-electron chi connectivity index (χ0n) is 15.0. The summed E-state index contributed by atoms with van der Waals surface area (Å²) < 4.78 is 11.4. The van der Waals surface area contributed by atoms with Gasteiger partial charge in [0, 0.05) is 5.69 Å². The highest BCUT2D eigenvalue weighted by molar-refractivity contribution is 8.02. The molecule has 9 heteroatoms. The first-order valence-corrected chi connectivity index (χ1v) is 10.1. The molecule has 2 N–H and O–H groups in total. The summed E-state index contributed by atoms with van der Waals surface area (Å²) >= 11 is 2.78. The molecule has 1 atom stereocenters. The van der Waals surface area contributed by atoms with Crippen LogP contribution in [0.25, 0.3) is 0 Å². The number of furan rings is 1. The zero-order valence-corrected chi connectivity index (χ0v) is 16.6. The molecule has 0 aliphatic rings. The summed E-state index contributed by atoms with van der Waals surface area (Å²) in [6.45, 7) is 4.92. The fourth-order valence-electron chi connectivity index (χ4n) is 2.15. The summed E-state index contributed by atoms with van der Waals surface area (Å²) in [5, 5.41) is 14.6. The van der Waals surface area contributed by atoms with Crippen molar-refractivity contribution in [1.82, 2.24) is 10.2 Å². The first-order chi connectivity index (χ1) is 13.1. The minimum absolute atomic E-state index is 0.0931. The van der Waals surface area contributed by atoms with E-state index in [1.807, 2.05) is 50.2 Å². The van der Waals surface area contributed by atoms with Gasteiger partial charge in [0.05, 0.1) is 24.7 Å². The Balaban J connectivity index is 1.49. The third kappa shape index (κ3) is 5.73. The summed E-state index contributed by atoms with van der Waals surface area (Å²) in [6.07, 6.45) is 1.63. The number of ether oxygens (including phenoxy) is 1. The quantitative estimate of drug-likeness (QED) is 0.515. The second-order valence-corrected chi connectivity index (χ2v) is 8.08.